The smallest absolute Gasteiger partial charge is 0.273 e. The number of amides is 1. The third-order valence-electron chi connectivity index (χ3n) is 2.65. The highest BCUT2D eigenvalue weighted by Crippen LogP contribution is 2.19. The number of aliphatic hydroxyl groups excluding tert-OH is 1. The third-order valence-corrected chi connectivity index (χ3v) is 2.97. The number of carbonyl (C=O) groups excluding carboxylic acids is 1. The van der Waals surface area contributed by atoms with E-state index in [0.29, 0.717) is 17.3 Å². The van der Waals surface area contributed by atoms with Gasteiger partial charge < -0.3 is 10.4 Å². The molecule has 0 fully saturated rings. The first-order valence-electron chi connectivity index (χ1n) is 6.27. The molecule has 1 heterocycles. The number of hydrogen-bond acceptors (Lipinski definition) is 4. The van der Waals surface area contributed by atoms with Crippen LogP contribution in [-0.4, -0.2) is 32.6 Å². The van der Waals surface area contributed by atoms with Crippen molar-refractivity contribution in [1.29, 1.82) is 0 Å². The number of halogens is 1. The van der Waals surface area contributed by atoms with Gasteiger partial charge in [-0.25, -0.2) is 0 Å². The molecule has 0 bridgehead atoms. The van der Waals surface area contributed by atoms with Gasteiger partial charge in [-0.3, -0.25) is 4.79 Å². The second-order valence-corrected chi connectivity index (χ2v) is 4.56. The average Bonchev–Trinajstić information content (AvgIpc) is 2.89. The average molecular weight is 295 g/mol. The van der Waals surface area contributed by atoms with E-state index >= 15 is 0 Å². The molecule has 0 aliphatic carbocycles. The predicted molar refractivity (Wildman–Crippen MR) is 74.9 cm³/mol. The standard InChI is InChI=1S/C13H15ClN4O2/c1-2-7-15-13(20)12-10(8-19)16-18(17-12)11-6-4-3-5-9(11)14/h3-6,19H,2,7-8H2,1H3,(H,15,20). The van der Waals surface area contributed by atoms with Crippen LogP contribution < -0.4 is 5.32 Å². The second kappa shape index (κ2) is 6.49. The lowest BCUT2D eigenvalue weighted by molar-refractivity contribution is 0.0945. The molecule has 2 N–H and O–H groups in total. The summed E-state index contributed by atoms with van der Waals surface area (Å²) in [5.74, 6) is -0.353. The number of benzene rings is 1. The molecule has 6 nitrogen and oxygen atoms in total. The van der Waals surface area contributed by atoms with E-state index in [1.807, 2.05) is 6.92 Å². The highest BCUT2D eigenvalue weighted by atomic mass is 35.5. The van der Waals surface area contributed by atoms with Gasteiger partial charge in [0.25, 0.3) is 5.91 Å². The Bertz CT molecular complexity index is 612. The molecule has 2 rings (SSSR count). The summed E-state index contributed by atoms with van der Waals surface area (Å²) in [6.07, 6.45) is 0.818. The highest BCUT2D eigenvalue weighted by Gasteiger charge is 2.18. The van der Waals surface area contributed by atoms with Gasteiger partial charge in [0.2, 0.25) is 0 Å². The Balaban J connectivity index is 2.36. The lowest BCUT2D eigenvalue weighted by atomic mass is 10.3. The number of rotatable bonds is 5. The van der Waals surface area contributed by atoms with E-state index in [0.717, 1.165) is 6.42 Å². The summed E-state index contributed by atoms with van der Waals surface area (Å²) < 4.78 is 0. The monoisotopic (exact) mass is 294 g/mol. The molecule has 7 heteroatoms. The van der Waals surface area contributed by atoms with Crippen LogP contribution in [-0.2, 0) is 6.61 Å². The molecule has 0 unspecified atom stereocenters. The maximum atomic E-state index is 11.9. The Morgan fingerprint density at radius 2 is 2.15 bits per heavy atom. The van der Waals surface area contributed by atoms with Crippen LogP contribution in [0.5, 0.6) is 0 Å². The van der Waals surface area contributed by atoms with Gasteiger partial charge in [0, 0.05) is 6.54 Å². The van der Waals surface area contributed by atoms with Crippen LogP contribution in [0.25, 0.3) is 5.69 Å². The van der Waals surface area contributed by atoms with Crippen molar-refractivity contribution in [2.45, 2.75) is 20.0 Å². The van der Waals surface area contributed by atoms with E-state index in [1.165, 1.54) is 4.80 Å². The minimum atomic E-state index is -0.362. The first kappa shape index (κ1) is 14.5. The fourth-order valence-corrected chi connectivity index (χ4v) is 1.87. The molecule has 0 aliphatic heterocycles. The Kier molecular flexibility index (Phi) is 4.70. The number of para-hydroxylation sites is 1. The van der Waals surface area contributed by atoms with E-state index in [-0.39, 0.29) is 23.9 Å². The normalized spacial score (nSPS) is 10.6. The van der Waals surface area contributed by atoms with E-state index < -0.39 is 0 Å². The molecule has 20 heavy (non-hydrogen) atoms. The lowest BCUT2D eigenvalue weighted by Crippen LogP contribution is -2.25. The number of aliphatic hydroxyl groups is 1. The topological polar surface area (TPSA) is 80.0 Å². The summed E-state index contributed by atoms with van der Waals surface area (Å²) in [4.78, 5) is 13.2. The molecule has 0 spiro atoms. The number of carbonyl (C=O) groups is 1. The van der Waals surface area contributed by atoms with Crippen LogP contribution in [0.1, 0.15) is 29.5 Å². The first-order chi connectivity index (χ1) is 9.67. The van der Waals surface area contributed by atoms with Crippen molar-refractivity contribution in [2.24, 2.45) is 0 Å². The van der Waals surface area contributed by atoms with Crippen molar-refractivity contribution in [3.8, 4) is 5.69 Å². The van der Waals surface area contributed by atoms with E-state index in [9.17, 15) is 9.90 Å². The van der Waals surface area contributed by atoms with Gasteiger partial charge in [-0.1, -0.05) is 30.7 Å². The number of hydrogen-bond donors (Lipinski definition) is 2. The summed E-state index contributed by atoms with van der Waals surface area (Å²) in [6, 6.07) is 7.02. The molecule has 0 aliphatic rings. The molecule has 1 amide bonds. The zero-order chi connectivity index (χ0) is 14.5. The molecule has 0 saturated heterocycles. The fraction of sp³-hybridized carbons (Fsp3) is 0.308. The molecule has 0 atom stereocenters. The predicted octanol–water partition coefficient (Wildman–Crippen LogP) is 1.55. The Labute approximate surface area is 121 Å². The Hall–Kier alpha value is -1.92. The highest BCUT2D eigenvalue weighted by molar-refractivity contribution is 6.32. The van der Waals surface area contributed by atoms with E-state index in [4.69, 9.17) is 11.6 Å². The minimum Gasteiger partial charge on any atom is -0.390 e. The third kappa shape index (κ3) is 2.97. The molecule has 106 valence electrons. The van der Waals surface area contributed by atoms with Crippen LogP contribution in [0.15, 0.2) is 24.3 Å². The zero-order valence-corrected chi connectivity index (χ0v) is 11.8. The largest absolute Gasteiger partial charge is 0.390 e. The zero-order valence-electron chi connectivity index (χ0n) is 11.0. The molecule has 1 aromatic carbocycles. The molecule has 0 radical (unpaired) electrons. The van der Waals surface area contributed by atoms with Crippen molar-refractivity contribution >= 4 is 17.5 Å². The van der Waals surface area contributed by atoms with Gasteiger partial charge in [-0.15, -0.1) is 15.0 Å². The van der Waals surface area contributed by atoms with Gasteiger partial charge in [-0.05, 0) is 18.6 Å². The van der Waals surface area contributed by atoms with Crippen LogP contribution in [0.4, 0.5) is 0 Å². The van der Waals surface area contributed by atoms with Crippen LogP contribution in [0.3, 0.4) is 0 Å². The van der Waals surface area contributed by atoms with Crippen LogP contribution >= 0.6 is 11.6 Å². The number of nitrogens with one attached hydrogen (secondary N) is 1. The van der Waals surface area contributed by atoms with Crippen LogP contribution in [0.2, 0.25) is 5.02 Å². The molecule has 1 aromatic heterocycles. The summed E-state index contributed by atoms with van der Waals surface area (Å²) >= 11 is 6.06. The van der Waals surface area contributed by atoms with Crippen molar-refractivity contribution in [1.82, 2.24) is 20.3 Å². The van der Waals surface area contributed by atoms with E-state index in [2.05, 4.69) is 15.5 Å². The van der Waals surface area contributed by atoms with E-state index in [1.54, 1.807) is 24.3 Å². The fourth-order valence-electron chi connectivity index (χ4n) is 1.66. The molecule has 0 saturated carbocycles. The second-order valence-electron chi connectivity index (χ2n) is 4.15. The van der Waals surface area contributed by atoms with Crippen molar-refractivity contribution in [3.05, 3.63) is 40.7 Å². The summed E-state index contributed by atoms with van der Waals surface area (Å²) in [6.45, 7) is 2.13. The van der Waals surface area contributed by atoms with Gasteiger partial charge in [0.15, 0.2) is 5.69 Å². The van der Waals surface area contributed by atoms with Crippen LogP contribution in [0, 0.1) is 0 Å². The Morgan fingerprint density at radius 1 is 1.40 bits per heavy atom. The van der Waals surface area contributed by atoms with Gasteiger partial charge in [-0.2, -0.15) is 0 Å². The SMILES string of the molecule is CCCNC(=O)c1nn(-c2ccccc2Cl)nc1CO. The lowest BCUT2D eigenvalue weighted by Gasteiger charge is -2.01. The van der Waals surface area contributed by atoms with Gasteiger partial charge >= 0.3 is 0 Å². The molecule has 2 aromatic rings. The Morgan fingerprint density at radius 3 is 2.80 bits per heavy atom. The van der Waals surface area contributed by atoms with Crippen molar-refractivity contribution in [2.75, 3.05) is 6.54 Å². The van der Waals surface area contributed by atoms with Crippen molar-refractivity contribution in [3.63, 3.8) is 0 Å². The quantitative estimate of drug-likeness (QED) is 0.877. The first-order valence-corrected chi connectivity index (χ1v) is 6.65. The summed E-state index contributed by atoms with van der Waals surface area (Å²) in [7, 11) is 0. The van der Waals surface area contributed by atoms with Crippen molar-refractivity contribution < 1.29 is 9.90 Å². The van der Waals surface area contributed by atoms with Gasteiger partial charge in [0.1, 0.15) is 11.4 Å². The summed E-state index contributed by atoms with van der Waals surface area (Å²) in [5, 5.41) is 20.7. The maximum Gasteiger partial charge on any atom is 0.273 e. The number of aromatic nitrogens is 3. The molecular weight excluding hydrogens is 280 g/mol. The molecular formula is C13H15ClN4O2. The summed E-state index contributed by atoms with van der Waals surface area (Å²) in [5.41, 5.74) is 0.887. The van der Waals surface area contributed by atoms with Gasteiger partial charge in [0.05, 0.1) is 11.6 Å². The minimum absolute atomic E-state index is 0.112. The number of nitrogens with zero attached hydrogens (tertiary/aromatic N) is 3. The maximum absolute atomic E-state index is 11.9.